The molecule has 0 radical (unpaired) electrons. The van der Waals surface area contributed by atoms with E-state index in [9.17, 15) is 9.59 Å². The maximum Gasteiger partial charge on any atom is 0.344 e. The van der Waals surface area contributed by atoms with E-state index in [0.717, 1.165) is 11.1 Å². The van der Waals surface area contributed by atoms with Gasteiger partial charge in [0, 0.05) is 6.54 Å². The molecule has 0 aliphatic rings. The van der Waals surface area contributed by atoms with E-state index in [1.165, 1.54) is 5.56 Å². The van der Waals surface area contributed by atoms with Crippen molar-refractivity contribution in [2.24, 2.45) is 0 Å². The number of rotatable bonds is 8. The lowest BCUT2D eigenvalue weighted by atomic mass is 10.0. The first-order valence-corrected chi connectivity index (χ1v) is 8.64. The average Bonchev–Trinajstić information content (AvgIpc) is 2.64. The van der Waals surface area contributed by atoms with Crippen molar-refractivity contribution in [1.29, 1.82) is 0 Å². The normalized spacial score (nSPS) is 10.5. The first kappa shape index (κ1) is 19.5. The Morgan fingerprint density at radius 3 is 2.23 bits per heavy atom. The van der Waals surface area contributed by atoms with E-state index in [2.05, 4.69) is 19.2 Å². The maximum absolute atomic E-state index is 11.7. The van der Waals surface area contributed by atoms with Gasteiger partial charge in [-0.2, -0.15) is 0 Å². The number of ether oxygens (including phenoxy) is 2. The molecule has 2 aromatic rings. The van der Waals surface area contributed by atoms with Crippen LogP contribution >= 0.6 is 0 Å². The number of hydrogen-bond donors (Lipinski definition) is 1. The van der Waals surface area contributed by atoms with Crippen LogP contribution in [0.15, 0.2) is 48.5 Å². The molecule has 0 spiro atoms. The monoisotopic (exact) mass is 355 g/mol. The quantitative estimate of drug-likeness (QED) is 0.738. The molecule has 5 nitrogen and oxygen atoms in total. The number of amides is 1. The van der Waals surface area contributed by atoms with Gasteiger partial charge in [-0.15, -0.1) is 0 Å². The summed E-state index contributed by atoms with van der Waals surface area (Å²) >= 11 is 0. The number of esters is 1. The molecule has 0 aromatic heterocycles. The summed E-state index contributed by atoms with van der Waals surface area (Å²) in [6.07, 6.45) is 0. The molecule has 0 saturated heterocycles. The second kappa shape index (κ2) is 9.61. The van der Waals surface area contributed by atoms with Crippen LogP contribution in [0, 0.1) is 6.92 Å². The van der Waals surface area contributed by atoms with E-state index in [4.69, 9.17) is 9.47 Å². The fourth-order valence-corrected chi connectivity index (χ4v) is 2.24. The van der Waals surface area contributed by atoms with E-state index < -0.39 is 5.97 Å². The van der Waals surface area contributed by atoms with Gasteiger partial charge < -0.3 is 14.8 Å². The van der Waals surface area contributed by atoms with Gasteiger partial charge in [-0.25, -0.2) is 4.79 Å². The van der Waals surface area contributed by atoms with Gasteiger partial charge >= 0.3 is 5.97 Å². The molecule has 2 rings (SSSR count). The summed E-state index contributed by atoms with van der Waals surface area (Å²) in [6.45, 7) is 6.07. The van der Waals surface area contributed by atoms with Crippen LogP contribution in [0.3, 0.4) is 0 Å². The van der Waals surface area contributed by atoms with Crippen molar-refractivity contribution >= 4 is 11.9 Å². The number of nitrogens with one attached hydrogen (secondary N) is 1. The third kappa shape index (κ3) is 6.59. The Bertz CT molecular complexity index is 721. The molecule has 0 aliphatic heterocycles. The van der Waals surface area contributed by atoms with Gasteiger partial charge in [-0.05, 0) is 36.1 Å². The summed E-state index contributed by atoms with van der Waals surface area (Å²) in [6, 6.07) is 15.4. The van der Waals surface area contributed by atoms with Crippen molar-refractivity contribution in [3.8, 4) is 5.75 Å². The number of benzene rings is 2. The van der Waals surface area contributed by atoms with Crippen LogP contribution in [-0.4, -0.2) is 25.1 Å². The molecular weight excluding hydrogens is 330 g/mol. The molecule has 0 bridgehead atoms. The summed E-state index contributed by atoms with van der Waals surface area (Å²) in [4.78, 5) is 23.4. The molecule has 2 aromatic carbocycles. The van der Waals surface area contributed by atoms with Crippen LogP contribution in [0.4, 0.5) is 0 Å². The molecule has 1 amide bonds. The minimum absolute atomic E-state index is 0.230. The minimum Gasteiger partial charge on any atom is -0.482 e. The second-order valence-corrected chi connectivity index (χ2v) is 6.44. The SMILES string of the molecule is Cc1ccc(CNC(=O)COC(=O)COc2ccc(C(C)C)cc2)cc1. The lowest BCUT2D eigenvalue weighted by Crippen LogP contribution is -2.29. The summed E-state index contributed by atoms with van der Waals surface area (Å²) in [5.74, 6) is 0.103. The zero-order valence-electron chi connectivity index (χ0n) is 15.5. The van der Waals surface area contributed by atoms with E-state index in [-0.39, 0.29) is 19.1 Å². The zero-order valence-corrected chi connectivity index (χ0v) is 15.5. The molecule has 0 aliphatic carbocycles. The molecule has 0 heterocycles. The number of aryl methyl sites for hydroxylation is 1. The highest BCUT2D eigenvalue weighted by molar-refractivity contribution is 5.80. The van der Waals surface area contributed by atoms with Crippen LogP contribution in [0.2, 0.25) is 0 Å². The third-order valence-corrected chi connectivity index (χ3v) is 3.88. The summed E-state index contributed by atoms with van der Waals surface area (Å²) in [5.41, 5.74) is 3.35. The first-order chi connectivity index (χ1) is 12.4. The van der Waals surface area contributed by atoms with Gasteiger partial charge in [0.1, 0.15) is 5.75 Å². The van der Waals surface area contributed by atoms with Crippen molar-refractivity contribution in [2.45, 2.75) is 33.2 Å². The molecule has 26 heavy (non-hydrogen) atoms. The lowest BCUT2D eigenvalue weighted by molar-refractivity contribution is -0.150. The van der Waals surface area contributed by atoms with Crippen LogP contribution in [-0.2, 0) is 20.9 Å². The van der Waals surface area contributed by atoms with E-state index >= 15 is 0 Å². The molecular formula is C21H25NO4. The van der Waals surface area contributed by atoms with Crippen molar-refractivity contribution in [3.63, 3.8) is 0 Å². The van der Waals surface area contributed by atoms with Crippen molar-refractivity contribution < 1.29 is 19.1 Å². The van der Waals surface area contributed by atoms with Gasteiger partial charge in [0.25, 0.3) is 5.91 Å². The van der Waals surface area contributed by atoms with Gasteiger partial charge in [0.05, 0.1) is 0 Å². The highest BCUT2D eigenvalue weighted by Crippen LogP contribution is 2.18. The van der Waals surface area contributed by atoms with Gasteiger partial charge in [0.2, 0.25) is 0 Å². The number of carbonyl (C=O) groups excluding carboxylic acids is 2. The maximum atomic E-state index is 11.7. The van der Waals surface area contributed by atoms with Crippen molar-refractivity contribution in [3.05, 3.63) is 65.2 Å². The minimum atomic E-state index is -0.580. The Morgan fingerprint density at radius 2 is 1.62 bits per heavy atom. The van der Waals surface area contributed by atoms with Crippen LogP contribution in [0.25, 0.3) is 0 Å². The van der Waals surface area contributed by atoms with E-state index in [1.54, 1.807) is 0 Å². The van der Waals surface area contributed by atoms with Crippen molar-refractivity contribution in [2.75, 3.05) is 13.2 Å². The summed E-state index contributed by atoms with van der Waals surface area (Å²) in [7, 11) is 0. The summed E-state index contributed by atoms with van der Waals surface area (Å²) < 4.78 is 10.3. The Morgan fingerprint density at radius 1 is 0.962 bits per heavy atom. The Hall–Kier alpha value is -2.82. The Labute approximate surface area is 154 Å². The van der Waals surface area contributed by atoms with Crippen molar-refractivity contribution in [1.82, 2.24) is 5.32 Å². The molecule has 5 heteroatoms. The second-order valence-electron chi connectivity index (χ2n) is 6.44. The highest BCUT2D eigenvalue weighted by Gasteiger charge is 2.09. The predicted molar refractivity (Wildman–Crippen MR) is 100 cm³/mol. The summed E-state index contributed by atoms with van der Waals surface area (Å²) in [5, 5.41) is 2.71. The molecule has 0 saturated carbocycles. The Balaban J connectivity index is 1.66. The largest absolute Gasteiger partial charge is 0.482 e. The fourth-order valence-electron chi connectivity index (χ4n) is 2.24. The van der Waals surface area contributed by atoms with E-state index in [1.807, 2.05) is 55.5 Å². The number of hydrogen-bond acceptors (Lipinski definition) is 4. The smallest absolute Gasteiger partial charge is 0.344 e. The van der Waals surface area contributed by atoms with Gasteiger partial charge in [0.15, 0.2) is 13.2 Å². The van der Waals surface area contributed by atoms with Crippen LogP contribution < -0.4 is 10.1 Å². The predicted octanol–water partition coefficient (Wildman–Crippen LogP) is 3.36. The molecule has 0 unspecified atom stereocenters. The first-order valence-electron chi connectivity index (χ1n) is 8.64. The molecule has 0 atom stereocenters. The third-order valence-electron chi connectivity index (χ3n) is 3.88. The molecule has 138 valence electrons. The van der Waals surface area contributed by atoms with Gasteiger partial charge in [-0.3, -0.25) is 4.79 Å². The van der Waals surface area contributed by atoms with E-state index in [0.29, 0.717) is 18.2 Å². The van der Waals surface area contributed by atoms with Crippen LogP contribution in [0.1, 0.15) is 36.5 Å². The standard InChI is InChI=1S/C21H25NO4/c1-15(2)18-8-10-19(11-9-18)25-14-21(24)26-13-20(23)22-12-17-6-4-16(3)5-7-17/h4-11,15H,12-14H2,1-3H3,(H,22,23). The topological polar surface area (TPSA) is 64.6 Å². The number of carbonyl (C=O) groups is 2. The average molecular weight is 355 g/mol. The molecule has 0 fully saturated rings. The zero-order chi connectivity index (χ0) is 18.9. The highest BCUT2D eigenvalue weighted by atomic mass is 16.6. The molecule has 1 N–H and O–H groups in total. The van der Waals surface area contributed by atoms with Gasteiger partial charge in [-0.1, -0.05) is 55.8 Å². The Kier molecular flexibility index (Phi) is 7.21. The fraction of sp³-hybridized carbons (Fsp3) is 0.333. The van der Waals surface area contributed by atoms with Crippen LogP contribution in [0.5, 0.6) is 5.75 Å². The lowest BCUT2D eigenvalue weighted by Gasteiger charge is -2.09.